The zero-order valence-electron chi connectivity index (χ0n) is 7.38. The molecule has 0 fully saturated rings. The lowest BCUT2D eigenvalue weighted by Gasteiger charge is -2.22. The van der Waals surface area contributed by atoms with Gasteiger partial charge in [0.05, 0.1) is 10.2 Å². The number of hydrogen-bond acceptors (Lipinski definition) is 3. The second kappa shape index (κ2) is 4.09. The number of benzene rings is 1. The molecule has 0 saturated heterocycles. The fourth-order valence-electron chi connectivity index (χ4n) is 1.40. The molecule has 0 radical (unpaired) electrons. The summed E-state index contributed by atoms with van der Waals surface area (Å²) in [7, 11) is 0. The van der Waals surface area contributed by atoms with Crippen LogP contribution in [0.1, 0.15) is 5.56 Å². The van der Waals surface area contributed by atoms with E-state index in [1.165, 1.54) is 6.07 Å². The molecule has 1 atom stereocenters. The van der Waals surface area contributed by atoms with Crippen molar-refractivity contribution in [3.8, 4) is 5.75 Å². The maximum Gasteiger partial charge on any atom is 0.179 e. The van der Waals surface area contributed by atoms with E-state index in [0.717, 1.165) is 0 Å². The molecule has 1 unspecified atom stereocenters. The molecule has 0 saturated carbocycles. The molecule has 2 rings (SSSR count). The summed E-state index contributed by atoms with van der Waals surface area (Å²) < 4.78 is 35.6. The van der Waals surface area contributed by atoms with Crippen LogP contribution in [0.2, 0.25) is 0 Å². The van der Waals surface area contributed by atoms with Gasteiger partial charge >= 0.3 is 0 Å². The van der Waals surface area contributed by atoms with Crippen molar-refractivity contribution in [2.45, 2.75) is 6.17 Å². The highest BCUT2D eigenvalue weighted by Gasteiger charge is 2.29. The second-order valence-electron chi connectivity index (χ2n) is 3.00. The Kier molecular flexibility index (Phi) is 2.97. The molecule has 0 aliphatic carbocycles. The van der Waals surface area contributed by atoms with Gasteiger partial charge in [-0.05, 0) is 40.9 Å². The van der Waals surface area contributed by atoms with Gasteiger partial charge in [0.25, 0.3) is 0 Å². The summed E-state index contributed by atoms with van der Waals surface area (Å²) >= 11 is 6.69. The van der Waals surface area contributed by atoms with Crippen LogP contribution in [0.4, 0.5) is 8.78 Å². The monoisotopic (exact) mass is 293 g/mol. The van der Waals surface area contributed by atoms with Crippen LogP contribution >= 0.6 is 28.7 Å². The molecule has 80 valence electrons. The van der Waals surface area contributed by atoms with E-state index >= 15 is 0 Å². The third-order valence-electron chi connectivity index (χ3n) is 2.10. The minimum absolute atomic E-state index is 0.0195. The lowest BCUT2D eigenvalue weighted by atomic mass is 10.0. The number of alkyl halides is 1. The molecule has 1 aliphatic heterocycles. The van der Waals surface area contributed by atoms with Crippen molar-refractivity contribution in [3.05, 3.63) is 28.0 Å². The maximum atomic E-state index is 13.5. The van der Waals surface area contributed by atoms with Crippen molar-refractivity contribution in [3.63, 3.8) is 0 Å². The lowest BCUT2D eigenvalue weighted by Crippen LogP contribution is -2.30. The van der Waals surface area contributed by atoms with E-state index in [-0.39, 0.29) is 22.5 Å². The molecular formula is C9H6BrF2NOS. The molecule has 0 spiro atoms. The summed E-state index contributed by atoms with van der Waals surface area (Å²) in [4.78, 5) is 0. The Morgan fingerprint density at radius 3 is 2.93 bits per heavy atom. The van der Waals surface area contributed by atoms with E-state index in [0.29, 0.717) is 5.56 Å². The number of halogens is 3. The standard InChI is InChI=1S/C9H6BrF2NOS/c10-5-2-1-4-8(13-15)6(11)3-14-9(4)7(5)12/h1-2,6,15H,3H2. The zero-order valence-corrected chi connectivity index (χ0v) is 9.86. The first-order chi connectivity index (χ1) is 7.15. The van der Waals surface area contributed by atoms with Crippen LogP contribution < -0.4 is 4.74 Å². The Morgan fingerprint density at radius 1 is 1.53 bits per heavy atom. The SMILES string of the molecule is Fc1c(Br)ccc2c1OCC(F)C2=NS. The summed E-state index contributed by atoms with van der Waals surface area (Å²) in [5, 5.41) is 0. The third-order valence-corrected chi connectivity index (χ3v) is 2.93. The fourth-order valence-corrected chi connectivity index (χ4v) is 1.94. The van der Waals surface area contributed by atoms with Gasteiger partial charge in [-0.25, -0.2) is 13.2 Å². The summed E-state index contributed by atoms with van der Waals surface area (Å²) in [6.07, 6.45) is -1.37. The van der Waals surface area contributed by atoms with E-state index in [2.05, 4.69) is 33.1 Å². The first kappa shape index (κ1) is 10.9. The lowest BCUT2D eigenvalue weighted by molar-refractivity contribution is 0.222. The average Bonchev–Trinajstić information content (AvgIpc) is 2.23. The Morgan fingerprint density at radius 2 is 2.27 bits per heavy atom. The molecular weight excluding hydrogens is 288 g/mol. The molecule has 2 nitrogen and oxygen atoms in total. The van der Waals surface area contributed by atoms with Crippen molar-refractivity contribution in [1.82, 2.24) is 0 Å². The molecule has 1 aromatic rings. The molecule has 0 amide bonds. The van der Waals surface area contributed by atoms with Crippen LogP contribution in [0.15, 0.2) is 21.0 Å². The predicted molar refractivity (Wildman–Crippen MR) is 60.0 cm³/mol. The number of hydrogen-bond donors (Lipinski definition) is 1. The summed E-state index contributed by atoms with van der Waals surface area (Å²) in [5.74, 6) is -0.528. The van der Waals surface area contributed by atoms with Crippen LogP contribution in [0, 0.1) is 5.82 Å². The van der Waals surface area contributed by atoms with E-state index in [4.69, 9.17) is 4.74 Å². The number of rotatable bonds is 0. The first-order valence-corrected chi connectivity index (χ1v) is 5.31. The van der Waals surface area contributed by atoms with Gasteiger partial charge in [-0.1, -0.05) is 0 Å². The van der Waals surface area contributed by atoms with Crippen molar-refractivity contribution in [2.24, 2.45) is 4.40 Å². The van der Waals surface area contributed by atoms with Gasteiger partial charge in [0, 0.05) is 5.56 Å². The second-order valence-corrected chi connectivity index (χ2v) is 4.06. The highest BCUT2D eigenvalue weighted by Crippen LogP contribution is 2.33. The van der Waals surface area contributed by atoms with Crippen LogP contribution in [0.3, 0.4) is 0 Å². The van der Waals surface area contributed by atoms with E-state index in [1.807, 2.05) is 0 Å². The van der Waals surface area contributed by atoms with Crippen molar-refractivity contribution < 1.29 is 13.5 Å². The molecule has 6 heteroatoms. The quantitative estimate of drug-likeness (QED) is 0.730. The zero-order chi connectivity index (χ0) is 11.0. The molecule has 1 heterocycles. The minimum Gasteiger partial charge on any atom is -0.486 e. The Hall–Kier alpha value is -0.620. The van der Waals surface area contributed by atoms with Gasteiger partial charge in [0.15, 0.2) is 17.7 Å². The van der Waals surface area contributed by atoms with Gasteiger partial charge in [-0.15, -0.1) is 0 Å². The van der Waals surface area contributed by atoms with Crippen molar-refractivity contribution in [1.29, 1.82) is 0 Å². The molecule has 1 aliphatic rings. The summed E-state index contributed by atoms with van der Waals surface area (Å²) in [6.45, 7) is -0.236. The molecule has 0 bridgehead atoms. The fraction of sp³-hybridized carbons (Fsp3) is 0.222. The molecule has 0 aromatic heterocycles. The molecule has 1 aromatic carbocycles. The Bertz CT molecular complexity index is 438. The topological polar surface area (TPSA) is 21.6 Å². The Labute approximate surface area is 99.0 Å². The number of thiol groups is 1. The van der Waals surface area contributed by atoms with E-state index in [9.17, 15) is 8.78 Å². The number of fused-ring (bicyclic) bond motifs is 1. The number of ether oxygens (including phenoxy) is 1. The first-order valence-electron chi connectivity index (χ1n) is 4.12. The minimum atomic E-state index is -1.37. The van der Waals surface area contributed by atoms with Crippen molar-refractivity contribution >= 4 is 34.5 Å². The normalized spacial score (nSPS) is 22.4. The van der Waals surface area contributed by atoms with Crippen LogP contribution in [0.25, 0.3) is 0 Å². The predicted octanol–water partition coefficient (Wildman–Crippen LogP) is 2.95. The van der Waals surface area contributed by atoms with Crippen LogP contribution in [-0.4, -0.2) is 18.5 Å². The summed E-state index contributed by atoms with van der Waals surface area (Å²) in [5.41, 5.74) is 0.412. The van der Waals surface area contributed by atoms with Gasteiger partial charge in [0.2, 0.25) is 0 Å². The van der Waals surface area contributed by atoms with Crippen LogP contribution in [0.5, 0.6) is 5.75 Å². The average molecular weight is 294 g/mol. The van der Waals surface area contributed by atoms with Crippen LogP contribution in [-0.2, 0) is 0 Å². The van der Waals surface area contributed by atoms with Gasteiger partial charge in [0.1, 0.15) is 6.61 Å². The largest absolute Gasteiger partial charge is 0.486 e. The van der Waals surface area contributed by atoms with E-state index < -0.39 is 12.0 Å². The van der Waals surface area contributed by atoms with Gasteiger partial charge < -0.3 is 4.74 Å². The van der Waals surface area contributed by atoms with Gasteiger partial charge in [-0.2, -0.15) is 0 Å². The van der Waals surface area contributed by atoms with E-state index in [1.54, 1.807) is 6.07 Å². The third kappa shape index (κ3) is 1.76. The molecule has 0 N–H and O–H groups in total. The smallest absolute Gasteiger partial charge is 0.179 e. The Balaban J connectivity index is 2.62. The maximum absolute atomic E-state index is 13.5. The molecule has 15 heavy (non-hydrogen) atoms. The highest BCUT2D eigenvalue weighted by molar-refractivity contribution is 9.10. The number of nitrogens with zero attached hydrogens (tertiary/aromatic N) is 1. The summed E-state index contributed by atoms with van der Waals surface area (Å²) in [6, 6.07) is 3.03. The highest BCUT2D eigenvalue weighted by atomic mass is 79.9. The van der Waals surface area contributed by atoms with Gasteiger partial charge in [-0.3, -0.25) is 0 Å². The van der Waals surface area contributed by atoms with Crippen molar-refractivity contribution in [2.75, 3.05) is 6.61 Å².